The van der Waals surface area contributed by atoms with E-state index in [1.807, 2.05) is 0 Å². The van der Waals surface area contributed by atoms with Gasteiger partial charge < -0.3 is 0 Å². The number of sulfonamides is 1. The van der Waals surface area contributed by atoms with Crippen LogP contribution in [0.2, 0.25) is 0 Å². The predicted octanol–water partition coefficient (Wildman–Crippen LogP) is 4.51. The summed E-state index contributed by atoms with van der Waals surface area (Å²) < 4.78 is 68.7. The molecule has 0 heterocycles. The van der Waals surface area contributed by atoms with E-state index in [-0.39, 0.29) is 22.3 Å². The second kappa shape index (κ2) is 8.67. The van der Waals surface area contributed by atoms with E-state index in [1.54, 1.807) is 0 Å². The van der Waals surface area contributed by atoms with Crippen molar-refractivity contribution in [3.8, 4) is 11.1 Å². The highest BCUT2D eigenvalue weighted by atomic mass is 32.2. The summed E-state index contributed by atoms with van der Waals surface area (Å²) in [6.45, 7) is 0.855. The van der Waals surface area contributed by atoms with E-state index < -0.39 is 45.1 Å². The van der Waals surface area contributed by atoms with Gasteiger partial charge in [-0.05, 0) is 60.7 Å². The normalized spacial score (nSPS) is 15.4. The van der Waals surface area contributed by atoms with E-state index >= 15 is 0 Å². The minimum absolute atomic E-state index is 0.116. The maximum Gasteiger partial charge on any atom is 0.214 e. The van der Waals surface area contributed by atoms with E-state index in [1.165, 1.54) is 19.1 Å². The van der Waals surface area contributed by atoms with E-state index in [2.05, 4.69) is 4.72 Å². The molecular weight excluding hydrogens is 403 g/mol. The summed E-state index contributed by atoms with van der Waals surface area (Å²) in [6.07, 6.45) is 3.71. The van der Waals surface area contributed by atoms with Crippen molar-refractivity contribution < 1.29 is 26.4 Å². The summed E-state index contributed by atoms with van der Waals surface area (Å²) in [5, 5.41) is -0.544. The molecule has 0 saturated heterocycles. The maximum absolute atomic E-state index is 14.5. The zero-order chi connectivity index (χ0) is 21.2. The number of halogens is 3. The van der Waals surface area contributed by atoms with Crippen LogP contribution in [0.3, 0.4) is 0 Å². The van der Waals surface area contributed by atoms with Crippen molar-refractivity contribution in [2.24, 2.45) is 0 Å². The summed E-state index contributed by atoms with van der Waals surface area (Å²) in [5.41, 5.74) is 0.213. The number of hydrogen-bond donors (Lipinski definition) is 1. The van der Waals surface area contributed by atoms with Gasteiger partial charge in [0.1, 0.15) is 17.5 Å². The first-order valence-corrected chi connectivity index (χ1v) is 11.0. The zero-order valence-corrected chi connectivity index (χ0v) is 16.8. The molecule has 3 rings (SSSR count). The molecule has 1 aliphatic rings. The van der Waals surface area contributed by atoms with E-state index in [0.717, 1.165) is 31.4 Å². The Morgan fingerprint density at radius 1 is 0.966 bits per heavy atom. The van der Waals surface area contributed by atoms with Gasteiger partial charge in [-0.25, -0.2) is 26.3 Å². The molecule has 0 aromatic heterocycles. The van der Waals surface area contributed by atoms with Gasteiger partial charge in [-0.3, -0.25) is 4.79 Å². The second-order valence-electron chi connectivity index (χ2n) is 7.36. The summed E-state index contributed by atoms with van der Waals surface area (Å²) in [5.74, 6) is -3.12. The number of benzene rings is 2. The van der Waals surface area contributed by atoms with Gasteiger partial charge in [0.2, 0.25) is 10.0 Å². The second-order valence-corrected chi connectivity index (χ2v) is 9.41. The Hall–Kier alpha value is -2.19. The molecule has 0 unspecified atom stereocenters. The van der Waals surface area contributed by atoms with Crippen molar-refractivity contribution in [3.63, 3.8) is 0 Å². The molecule has 1 saturated carbocycles. The lowest BCUT2D eigenvalue weighted by Crippen LogP contribution is -2.38. The molecule has 1 aliphatic carbocycles. The molecule has 0 bridgehead atoms. The van der Waals surface area contributed by atoms with Gasteiger partial charge in [0.05, 0.1) is 17.4 Å². The molecule has 2 aromatic carbocycles. The number of aryl methyl sites for hydroxylation is 1. The summed E-state index contributed by atoms with van der Waals surface area (Å²) in [7, 11) is -3.68. The van der Waals surface area contributed by atoms with Crippen molar-refractivity contribution in [3.05, 3.63) is 58.9 Å². The maximum atomic E-state index is 14.5. The zero-order valence-electron chi connectivity index (χ0n) is 16.0. The fraction of sp³-hybridized carbons (Fsp3) is 0.381. The molecule has 0 aliphatic heterocycles. The third-order valence-electron chi connectivity index (χ3n) is 5.18. The molecule has 0 radical (unpaired) electrons. The number of rotatable bonds is 6. The number of nitrogens with one attached hydrogen (secondary N) is 1. The van der Waals surface area contributed by atoms with Crippen molar-refractivity contribution in [2.75, 3.05) is 6.54 Å². The van der Waals surface area contributed by atoms with Crippen LogP contribution in [-0.4, -0.2) is 26.0 Å². The minimum atomic E-state index is -3.68. The monoisotopic (exact) mass is 425 g/mol. The summed E-state index contributed by atoms with van der Waals surface area (Å²) in [6, 6.07) is 5.44. The fourth-order valence-electron chi connectivity index (χ4n) is 3.61. The van der Waals surface area contributed by atoms with Crippen LogP contribution in [0.15, 0.2) is 30.3 Å². The lowest BCUT2D eigenvalue weighted by atomic mass is 9.97. The van der Waals surface area contributed by atoms with Crippen molar-refractivity contribution in [2.45, 2.75) is 44.3 Å². The number of carbonyl (C=O) groups is 1. The molecule has 8 heteroatoms. The van der Waals surface area contributed by atoms with Gasteiger partial charge in [-0.15, -0.1) is 0 Å². The Morgan fingerprint density at radius 2 is 1.55 bits per heavy atom. The number of carbonyl (C=O) groups excluding carboxylic acids is 1. The van der Waals surface area contributed by atoms with Crippen LogP contribution in [0, 0.1) is 24.4 Å². The van der Waals surface area contributed by atoms with Crippen LogP contribution in [0.1, 0.15) is 48.0 Å². The molecule has 156 valence electrons. The van der Waals surface area contributed by atoms with Gasteiger partial charge in [0.15, 0.2) is 5.78 Å². The lowest BCUT2D eigenvalue weighted by Gasteiger charge is -2.21. The standard InChI is InChI=1S/C21H22F3NO3S/c1-13-7-14(15-8-16(22)11-17(23)9-15)10-19(21(13)24)20(26)12-25-29(27,28)18-5-3-2-4-6-18/h7-11,18,25H,2-6,12H2,1H3. The van der Waals surface area contributed by atoms with Crippen LogP contribution < -0.4 is 4.72 Å². The predicted molar refractivity (Wildman–Crippen MR) is 105 cm³/mol. The number of Topliss-reactive ketones (excluding diaryl/α,β-unsaturated/α-hetero) is 1. The SMILES string of the molecule is Cc1cc(-c2cc(F)cc(F)c2)cc(C(=O)CNS(=O)(=O)C2CCCCC2)c1F. The molecular formula is C21H22F3NO3S. The highest BCUT2D eigenvalue weighted by Crippen LogP contribution is 2.27. The first-order chi connectivity index (χ1) is 13.7. The van der Waals surface area contributed by atoms with Crippen LogP contribution >= 0.6 is 0 Å². The minimum Gasteiger partial charge on any atom is -0.293 e. The van der Waals surface area contributed by atoms with Crippen molar-refractivity contribution in [1.82, 2.24) is 4.72 Å². The first-order valence-electron chi connectivity index (χ1n) is 9.45. The van der Waals surface area contributed by atoms with Gasteiger partial charge >= 0.3 is 0 Å². The third kappa shape index (κ3) is 5.05. The molecule has 29 heavy (non-hydrogen) atoms. The highest BCUT2D eigenvalue weighted by molar-refractivity contribution is 7.90. The number of ketones is 1. The molecule has 2 aromatic rings. The average molecular weight is 425 g/mol. The smallest absolute Gasteiger partial charge is 0.214 e. The highest BCUT2D eigenvalue weighted by Gasteiger charge is 2.28. The molecule has 1 fully saturated rings. The molecule has 0 atom stereocenters. The van der Waals surface area contributed by atoms with Crippen molar-refractivity contribution in [1.29, 1.82) is 0 Å². The first kappa shape index (κ1) is 21.5. The van der Waals surface area contributed by atoms with E-state index in [9.17, 15) is 26.4 Å². The van der Waals surface area contributed by atoms with Crippen LogP contribution in [-0.2, 0) is 10.0 Å². The van der Waals surface area contributed by atoms with E-state index in [0.29, 0.717) is 18.9 Å². The van der Waals surface area contributed by atoms with Crippen LogP contribution in [0.5, 0.6) is 0 Å². The van der Waals surface area contributed by atoms with Gasteiger partial charge in [-0.2, -0.15) is 0 Å². The van der Waals surface area contributed by atoms with Crippen molar-refractivity contribution >= 4 is 15.8 Å². The topological polar surface area (TPSA) is 63.2 Å². The number of hydrogen-bond acceptors (Lipinski definition) is 3. The van der Waals surface area contributed by atoms with Gasteiger partial charge in [-0.1, -0.05) is 19.3 Å². The lowest BCUT2D eigenvalue weighted by molar-refractivity contribution is 0.0993. The summed E-state index contributed by atoms with van der Waals surface area (Å²) >= 11 is 0. The Balaban J connectivity index is 1.84. The molecule has 0 spiro atoms. The van der Waals surface area contributed by atoms with Crippen LogP contribution in [0.25, 0.3) is 11.1 Å². The Labute approximate surface area is 168 Å². The molecule has 4 nitrogen and oxygen atoms in total. The Kier molecular flexibility index (Phi) is 6.43. The molecule has 0 amide bonds. The molecule has 1 N–H and O–H groups in total. The van der Waals surface area contributed by atoms with Gasteiger partial charge in [0, 0.05) is 6.07 Å². The largest absolute Gasteiger partial charge is 0.293 e. The van der Waals surface area contributed by atoms with Crippen LogP contribution in [0.4, 0.5) is 13.2 Å². The Morgan fingerprint density at radius 3 is 2.17 bits per heavy atom. The summed E-state index contributed by atoms with van der Waals surface area (Å²) in [4.78, 5) is 12.5. The third-order valence-corrected chi connectivity index (χ3v) is 7.07. The average Bonchev–Trinajstić information content (AvgIpc) is 2.68. The Bertz CT molecular complexity index is 1010. The quantitative estimate of drug-likeness (QED) is 0.693. The van der Waals surface area contributed by atoms with E-state index in [4.69, 9.17) is 0 Å². The van der Waals surface area contributed by atoms with Gasteiger partial charge in [0.25, 0.3) is 0 Å². The fourth-order valence-corrected chi connectivity index (χ4v) is 5.14.